The van der Waals surface area contributed by atoms with E-state index >= 15 is 0 Å². The van der Waals surface area contributed by atoms with Crippen molar-refractivity contribution < 1.29 is 24.1 Å². The fourth-order valence-corrected chi connectivity index (χ4v) is 1.86. The van der Waals surface area contributed by atoms with Crippen LogP contribution in [0.4, 0.5) is 4.39 Å². The van der Waals surface area contributed by atoms with Crippen molar-refractivity contribution in [3.8, 4) is 0 Å². The van der Waals surface area contributed by atoms with Gasteiger partial charge >= 0.3 is 0 Å². The summed E-state index contributed by atoms with van der Waals surface area (Å²) in [4.78, 5) is 0. The van der Waals surface area contributed by atoms with E-state index in [0.29, 0.717) is 0 Å². The molecule has 1 aromatic heterocycles. The lowest BCUT2D eigenvalue weighted by Crippen LogP contribution is -2.55. The van der Waals surface area contributed by atoms with Crippen LogP contribution >= 0.6 is 0 Å². The molecule has 0 amide bonds. The standard InChI is InChI=1S/C11H17FN2O4/c1-11(2)17-6-7(15)9(18-11)8(16)10(12)14-5-3-4-13-14/h3-5,7-10,15-16H,6H2,1-2H3/t7-,8-,9-,10+/m1/s1. The topological polar surface area (TPSA) is 76.7 Å². The van der Waals surface area contributed by atoms with Gasteiger partial charge in [0.15, 0.2) is 5.79 Å². The molecule has 0 saturated carbocycles. The van der Waals surface area contributed by atoms with Crippen molar-refractivity contribution in [1.29, 1.82) is 0 Å². The molecule has 4 atom stereocenters. The second kappa shape index (κ2) is 4.93. The van der Waals surface area contributed by atoms with Crippen molar-refractivity contribution in [3.05, 3.63) is 18.5 Å². The largest absolute Gasteiger partial charge is 0.388 e. The molecule has 1 aromatic rings. The molecule has 0 aliphatic carbocycles. The molecule has 102 valence electrons. The Balaban J connectivity index is 2.09. The van der Waals surface area contributed by atoms with Crippen molar-refractivity contribution >= 4 is 0 Å². The van der Waals surface area contributed by atoms with Gasteiger partial charge in [0.2, 0.25) is 6.30 Å². The third-order valence-electron chi connectivity index (χ3n) is 2.80. The molecular formula is C11H17FN2O4. The van der Waals surface area contributed by atoms with Crippen LogP contribution in [0, 0.1) is 0 Å². The Kier molecular flexibility index (Phi) is 3.67. The fourth-order valence-electron chi connectivity index (χ4n) is 1.86. The lowest BCUT2D eigenvalue weighted by atomic mass is 10.1. The Hall–Kier alpha value is -1.02. The number of aliphatic hydroxyl groups is 2. The molecule has 2 heterocycles. The van der Waals surface area contributed by atoms with Crippen LogP contribution in [0.3, 0.4) is 0 Å². The molecule has 6 nitrogen and oxygen atoms in total. The number of hydrogen-bond acceptors (Lipinski definition) is 5. The summed E-state index contributed by atoms with van der Waals surface area (Å²) in [5, 5.41) is 23.4. The molecule has 18 heavy (non-hydrogen) atoms. The summed E-state index contributed by atoms with van der Waals surface area (Å²) < 4.78 is 25.5. The van der Waals surface area contributed by atoms with Crippen molar-refractivity contribution in [1.82, 2.24) is 9.78 Å². The average molecular weight is 260 g/mol. The van der Waals surface area contributed by atoms with Crippen LogP contribution in [0.15, 0.2) is 18.5 Å². The third-order valence-corrected chi connectivity index (χ3v) is 2.80. The molecule has 0 radical (unpaired) electrons. The number of rotatable bonds is 3. The number of halogens is 1. The van der Waals surface area contributed by atoms with Crippen LogP contribution in [0.25, 0.3) is 0 Å². The highest BCUT2D eigenvalue weighted by molar-refractivity contribution is 4.88. The number of aromatic nitrogens is 2. The van der Waals surface area contributed by atoms with Gasteiger partial charge in [0.25, 0.3) is 0 Å². The summed E-state index contributed by atoms with van der Waals surface area (Å²) in [7, 11) is 0. The molecule has 1 saturated heterocycles. The summed E-state index contributed by atoms with van der Waals surface area (Å²) in [5.41, 5.74) is 0. The van der Waals surface area contributed by atoms with Gasteiger partial charge < -0.3 is 19.7 Å². The molecule has 7 heteroatoms. The van der Waals surface area contributed by atoms with Crippen molar-refractivity contribution in [3.63, 3.8) is 0 Å². The van der Waals surface area contributed by atoms with Gasteiger partial charge in [-0.15, -0.1) is 0 Å². The van der Waals surface area contributed by atoms with Gasteiger partial charge in [0.05, 0.1) is 6.61 Å². The van der Waals surface area contributed by atoms with Gasteiger partial charge in [0.1, 0.15) is 18.3 Å². The first-order valence-electron chi connectivity index (χ1n) is 5.72. The molecule has 2 N–H and O–H groups in total. The zero-order valence-electron chi connectivity index (χ0n) is 10.2. The van der Waals surface area contributed by atoms with Crippen molar-refractivity contribution in [2.45, 2.75) is 44.2 Å². The molecule has 1 aliphatic rings. The van der Waals surface area contributed by atoms with E-state index in [0.717, 1.165) is 4.68 Å². The number of alkyl halides is 1. The Morgan fingerprint density at radius 1 is 1.56 bits per heavy atom. The molecule has 0 unspecified atom stereocenters. The normalized spacial score (nSPS) is 30.9. The molecule has 0 spiro atoms. The highest BCUT2D eigenvalue weighted by Crippen LogP contribution is 2.28. The summed E-state index contributed by atoms with van der Waals surface area (Å²) in [6.45, 7) is 3.26. The first-order chi connectivity index (χ1) is 8.41. The molecule has 0 aromatic carbocycles. The maximum atomic E-state index is 14.0. The Bertz CT molecular complexity index is 384. The monoisotopic (exact) mass is 260 g/mol. The lowest BCUT2D eigenvalue weighted by molar-refractivity contribution is -0.324. The minimum atomic E-state index is -1.78. The Morgan fingerprint density at radius 2 is 2.28 bits per heavy atom. The van der Waals surface area contributed by atoms with Crippen molar-refractivity contribution in [2.24, 2.45) is 0 Å². The quantitative estimate of drug-likeness (QED) is 0.813. The highest BCUT2D eigenvalue weighted by Gasteiger charge is 2.43. The third kappa shape index (κ3) is 2.69. The van der Waals surface area contributed by atoms with E-state index in [-0.39, 0.29) is 6.61 Å². The average Bonchev–Trinajstić information content (AvgIpc) is 2.84. The van der Waals surface area contributed by atoms with E-state index < -0.39 is 30.4 Å². The summed E-state index contributed by atoms with van der Waals surface area (Å²) in [6, 6.07) is 1.55. The van der Waals surface area contributed by atoms with Crippen LogP contribution in [0.1, 0.15) is 20.1 Å². The first kappa shape index (κ1) is 13.4. The zero-order chi connectivity index (χ0) is 13.3. The lowest BCUT2D eigenvalue weighted by Gasteiger charge is -2.41. The van der Waals surface area contributed by atoms with E-state index in [4.69, 9.17) is 9.47 Å². The van der Waals surface area contributed by atoms with Gasteiger partial charge in [-0.3, -0.25) is 0 Å². The van der Waals surface area contributed by atoms with Gasteiger partial charge in [0, 0.05) is 12.4 Å². The predicted octanol–water partition coefficient (Wildman–Crippen LogP) is 0.224. The zero-order valence-corrected chi connectivity index (χ0v) is 10.2. The van der Waals surface area contributed by atoms with Gasteiger partial charge in [-0.05, 0) is 19.9 Å². The van der Waals surface area contributed by atoms with Crippen LogP contribution in [-0.4, -0.2) is 50.7 Å². The van der Waals surface area contributed by atoms with E-state index in [2.05, 4.69) is 5.10 Å². The second-order valence-corrected chi connectivity index (χ2v) is 4.71. The minimum Gasteiger partial charge on any atom is -0.388 e. The molecular weight excluding hydrogens is 243 g/mol. The predicted molar refractivity (Wildman–Crippen MR) is 59.3 cm³/mol. The number of aliphatic hydroxyl groups excluding tert-OH is 2. The van der Waals surface area contributed by atoms with E-state index in [1.165, 1.54) is 12.4 Å². The van der Waals surface area contributed by atoms with Gasteiger partial charge in [-0.2, -0.15) is 5.10 Å². The molecule has 0 bridgehead atoms. The van der Waals surface area contributed by atoms with Crippen molar-refractivity contribution in [2.75, 3.05) is 6.61 Å². The van der Waals surface area contributed by atoms with Crippen LogP contribution in [-0.2, 0) is 9.47 Å². The first-order valence-corrected chi connectivity index (χ1v) is 5.72. The smallest absolute Gasteiger partial charge is 0.219 e. The Labute approximate surface area is 104 Å². The van der Waals surface area contributed by atoms with Gasteiger partial charge in [-0.25, -0.2) is 9.07 Å². The molecule has 2 rings (SSSR count). The number of ether oxygens (including phenoxy) is 2. The molecule has 1 aliphatic heterocycles. The van der Waals surface area contributed by atoms with Gasteiger partial charge in [-0.1, -0.05) is 0 Å². The maximum absolute atomic E-state index is 14.0. The summed E-state index contributed by atoms with van der Waals surface area (Å²) in [6.07, 6.45) is -2.65. The molecule has 1 fully saturated rings. The maximum Gasteiger partial charge on any atom is 0.219 e. The number of hydrogen-bond donors (Lipinski definition) is 2. The fraction of sp³-hybridized carbons (Fsp3) is 0.727. The summed E-state index contributed by atoms with van der Waals surface area (Å²) in [5.74, 6) is -0.964. The van der Waals surface area contributed by atoms with E-state index in [9.17, 15) is 14.6 Å². The van der Waals surface area contributed by atoms with Crippen LogP contribution < -0.4 is 0 Å². The second-order valence-electron chi connectivity index (χ2n) is 4.71. The summed E-state index contributed by atoms with van der Waals surface area (Å²) >= 11 is 0. The number of nitrogens with zero attached hydrogens (tertiary/aromatic N) is 2. The minimum absolute atomic E-state index is 0.0133. The van der Waals surface area contributed by atoms with Crippen LogP contribution in [0.5, 0.6) is 0 Å². The SMILES string of the molecule is CC1(C)OC[C@@H](O)[C@H]([C@@H](O)[C@@H](F)n2cccn2)O1. The van der Waals surface area contributed by atoms with E-state index in [1.54, 1.807) is 19.9 Å². The highest BCUT2D eigenvalue weighted by atomic mass is 19.1. The Morgan fingerprint density at radius 3 is 2.89 bits per heavy atom. The van der Waals surface area contributed by atoms with Crippen LogP contribution in [0.2, 0.25) is 0 Å². The van der Waals surface area contributed by atoms with E-state index in [1.807, 2.05) is 0 Å².